The van der Waals surface area contributed by atoms with Gasteiger partial charge in [0.2, 0.25) is 0 Å². The van der Waals surface area contributed by atoms with E-state index in [2.05, 4.69) is 4.90 Å². The molecule has 2 fully saturated rings. The van der Waals surface area contributed by atoms with Gasteiger partial charge in [-0.15, -0.1) is 0 Å². The van der Waals surface area contributed by atoms with Crippen LogP contribution >= 0.6 is 0 Å². The van der Waals surface area contributed by atoms with Gasteiger partial charge in [-0.3, -0.25) is 4.90 Å². The van der Waals surface area contributed by atoms with Crippen molar-refractivity contribution in [2.24, 2.45) is 0 Å². The lowest BCUT2D eigenvalue weighted by molar-refractivity contribution is -0.00461. The Bertz CT molecular complexity index is 200. The van der Waals surface area contributed by atoms with Gasteiger partial charge in [-0.1, -0.05) is 0 Å². The molecule has 88 valence electrons. The fourth-order valence-electron chi connectivity index (χ4n) is 2.84. The highest BCUT2D eigenvalue weighted by Gasteiger charge is 2.40. The van der Waals surface area contributed by atoms with E-state index in [4.69, 9.17) is 9.47 Å². The Morgan fingerprint density at radius 1 is 1.07 bits per heavy atom. The summed E-state index contributed by atoms with van der Waals surface area (Å²) in [5.41, 5.74) is 0. The van der Waals surface area contributed by atoms with Crippen molar-refractivity contribution in [3.05, 3.63) is 0 Å². The van der Waals surface area contributed by atoms with Crippen LogP contribution in [-0.4, -0.2) is 61.7 Å². The summed E-state index contributed by atoms with van der Waals surface area (Å²) in [6, 6.07) is 0.322. The Labute approximate surface area is 91.2 Å². The van der Waals surface area contributed by atoms with Crippen molar-refractivity contribution in [1.82, 2.24) is 4.90 Å². The standard InChI is InChI=1S/C11H21NO3/c1-14-10-6-12(7-11(10)15-2)8-4-3-5-9(8)13/h8-11,13H,3-7H2,1-2H3/t8-,9-,10?,11?/m1/s1. The van der Waals surface area contributed by atoms with Crippen LogP contribution in [0.4, 0.5) is 0 Å². The van der Waals surface area contributed by atoms with Gasteiger partial charge >= 0.3 is 0 Å². The molecule has 1 aliphatic heterocycles. The first-order chi connectivity index (χ1) is 7.26. The zero-order valence-electron chi connectivity index (χ0n) is 9.56. The molecule has 0 radical (unpaired) electrons. The van der Waals surface area contributed by atoms with E-state index in [0.29, 0.717) is 6.04 Å². The predicted octanol–water partition coefficient (Wildman–Crippen LogP) is 0.245. The van der Waals surface area contributed by atoms with Crippen LogP contribution in [0, 0.1) is 0 Å². The second-order valence-corrected chi connectivity index (χ2v) is 4.57. The highest BCUT2D eigenvalue weighted by atomic mass is 16.5. The molecule has 0 spiro atoms. The number of likely N-dealkylation sites (tertiary alicyclic amines) is 1. The monoisotopic (exact) mass is 215 g/mol. The zero-order chi connectivity index (χ0) is 10.8. The summed E-state index contributed by atoms with van der Waals surface area (Å²) in [5, 5.41) is 9.84. The van der Waals surface area contributed by atoms with Gasteiger partial charge in [-0.05, 0) is 19.3 Å². The van der Waals surface area contributed by atoms with Crippen molar-refractivity contribution in [3.63, 3.8) is 0 Å². The molecular formula is C11H21NO3. The summed E-state index contributed by atoms with van der Waals surface area (Å²) in [5.74, 6) is 0. The van der Waals surface area contributed by atoms with Crippen molar-refractivity contribution in [2.45, 2.75) is 43.6 Å². The molecule has 1 aliphatic carbocycles. The summed E-state index contributed by atoms with van der Waals surface area (Å²) in [7, 11) is 3.45. The summed E-state index contributed by atoms with van der Waals surface area (Å²) < 4.78 is 10.8. The Hall–Kier alpha value is -0.160. The van der Waals surface area contributed by atoms with Gasteiger partial charge in [-0.25, -0.2) is 0 Å². The molecule has 2 unspecified atom stereocenters. The summed E-state index contributed by atoms with van der Waals surface area (Å²) in [6.07, 6.45) is 3.34. The SMILES string of the molecule is COC1CN([C@@H]2CCC[C@H]2O)CC1OC. The normalized spacial score (nSPS) is 42.6. The van der Waals surface area contributed by atoms with E-state index in [1.807, 2.05) is 0 Å². The maximum Gasteiger partial charge on any atom is 0.0971 e. The van der Waals surface area contributed by atoms with Crippen molar-refractivity contribution in [2.75, 3.05) is 27.3 Å². The van der Waals surface area contributed by atoms with E-state index in [-0.39, 0.29) is 18.3 Å². The number of rotatable bonds is 3. The Morgan fingerprint density at radius 2 is 1.67 bits per heavy atom. The molecule has 15 heavy (non-hydrogen) atoms. The average molecular weight is 215 g/mol. The number of nitrogens with zero attached hydrogens (tertiary/aromatic N) is 1. The first-order valence-electron chi connectivity index (χ1n) is 5.74. The Morgan fingerprint density at radius 3 is 2.07 bits per heavy atom. The molecule has 4 heteroatoms. The molecule has 4 atom stereocenters. The van der Waals surface area contributed by atoms with Crippen LogP contribution in [0.25, 0.3) is 0 Å². The molecule has 1 saturated heterocycles. The minimum atomic E-state index is -0.155. The molecule has 2 rings (SSSR count). The largest absolute Gasteiger partial charge is 0.391 e. The molecule has 0 aromatic heterocycles. The zero-order valence-corrected chi connectivity index (χ0v) is 9.56. The maximum atomic E-state index is 9.84. The highest BCUT2D eigenvalue weighted by Crippen LogP contribution is 2.28. The van der Waals surface area contributed by atoms with E-state index in [0.717, 1.165) is 32.4 Å². The van der Waals surface area contributed by atoms with Crippen LogP contribution in [0.3, 0.4) is 0 Å². The molecular weight excluding hydrogens is 194 g/mol. The predicted molar refractivity (Wildman–Crippen MR) is 56.8 cm³/mol. The smallest absolute Gasteiger partial charge is 0.0971 e. The molecule has 0 aromatic rings. The van der Waals surface area contributed by atoms with E-state index >= 15 is 0 Å². The first kappa shape index (κ1) is 11.3. The quantitative estimate of drug-likeness (QED) is 0.732. The molecule has 4 nitrogen and oxygen atoms in total. The van der Waals surface area contributed by atoms with Gasteiger partial charge in [0.15, 0.2) is 0 Å². The van der Waals surface area contributed by atoms with Crippen LogP contribution in [0.5, 0.6) is 0 Å². The molecule has 0 amide bonds. The van der Waals surface area contributed by atoms with Crippen LogP contribution in [0.2, 0.25) is 0 Å². The van der Waals surface area contributed by atoms with Crippen molar-refractivity contribution in [3.8, 4) is 0 Å². The molecule has 1 N–H and O–H groups in total. The third-order valence-electron chi connectivity index (χ3n) is 3.76. The molecule has 0 bridgehead atoms. The second kappa shape index (κ2) is 4.78. The van der Waals surface area contributed by atoms with Gasteiger partial charge in [0.05, 0.1) is 18.3 Å². The molecule has 2 aliphatic rings. The summed E-state index contributed by atoms with van der Waals surface area (Å²) in [6.45, 7) is 1.77. The van der Waals surface area contributed by atoms with Gasteiger partial charge < -0.3 is 14.6 Å². The van der Waals surface area contributed by atoms with E-state index in [1.54, 1.807) is 14.2 Å². The Kier molecular flexibility index (Phi) is 3.61. The number of ether oxygens (including phenoxy) is 2. The highest BCUT2D eigenvalue weighted by molar-refractivity contribution is 4.94. The van der Waals surface area contributed by atoms with Crippen LogP contribution in [0.15, 0.2) is 0 Å². The van der Waals surface area contributed by atoms with Gasteiger partial charge in [0, 0.05) is 33.4 Å². The number of aliphatic hydroxyl groups excluding tert-OH is 1. The topological polar surface area (TPSA) is 41.9 Å². The molecule has 0 aromatic carbocycles. The lowest BCUT2D eigenvalue weighted by Gasteiger charge is -2.26. The number of aliphatic hydroxyl groups is 1. The maximum absolute atomic E-state index is 9.84. The van der Waals surface area contributed by atoms with E-state index < -0.39 is 0 Å². The first-order valence-corrected chi connectivity index (χ1v) is 5.74. The average Bonchev–Trinajstić information content (AvgIpc) is 2.82. The minimum Gasteiger partial charge on any atom is -0.391 e. The second-order valence-electron chi connectivity index (χ2n) is 4.57. The minimum absolute atomic E-state index is 0.155. The van der Waals surface area contributed by atoms with Crippen LogP contribution in [-0.2, 0) is 9.47 Å². The lowest BCUT2D eigenvalue weighted by atomic mass is 10.2. The number of hydrogen-bond donors (Lipinski definition) is 1. The van der Waals surface area contributed by atoms with Crippen LogP contribution in [0.1, 0.15) is 19.3 Å². The fourth-order valence-corrected chi connectivity index (χ4v) is 2.84. The molecule has 1 heterocycles. The molecule has 1 saturated carbocycles. The van der Waals surface area contributed by atoms with Crippen molar-refractivity contribution in [1.29, 1.82) is 0 Å². The van der Waals surface area contributed by atoms with E-state index in [9.17, 15) is 5.11 Å². The fraction of sp³-hybridized carbons (Fsp3) is 1.00. The van der Waals surface area contributed by atoms with E-state index in [1.165, 1.54) is 0 Å². The van der Waals surface area contributed by atoms with Gasteiger partial charge in [0.1, 0.15) is 0 Å². The number of hydrogen-bond acceptors (Lipinski definition) is 4. The van der Waals surface area contributed by atoms with Crippen LogP contribution < -0.4 is 0 Å². The third kappa shape index (κ3) is 2.18. The number of methoxy groups -OCH3 is 2. The summed E-state index contributed by atoms with van der Waals surface area (Å²) >= 11 is 0. The Balaban J connectivity index is 1.95. The third-order valence-corrected chi connectivity index (χ3v) is 3.76. The lowest BCUT2D eigenvalue weighted by Crippen LogP contribution is -2.39. The van der Waals surface area contributed by atoms with Gasteiger partial charge in [-0.2, -0.15) is 0 Å². The van der Waals surface area contributed by atoms with Crippen molar-refractivity contribution >= 4 is 0 Å². The van der Waals surface area contributed by atoms with Crippen molar-refractivity contribution < 1.29 is 14.6 Å². The summed E-state index contributed by atoms with van der Waals surface area (Å²) in [4.78, 5) is 2.32. The van der Waals surface area contributed by atoms with Gasteiger partial charge in [0.25, 0.3) is 0 Å².